The Labute approximate surface area is 122 Å². The van der Waals surface area contributed by atoms with Crippen LogP contribution < -0.4 is 10.2 Å². The fraction of sp³-hybridized carbons (Fsp3) is 0.727. The molecule has 0 aromatic heterocycles. The van der Waals surface area contributed by atoms with Crippen LogP contribution in [0.1, 0.15) is 39.5 Å². The second-order valence-corrected chi connectivity index (χ2v) is 3.73. The molecular weight excluding hydrogens is 334 g/mol. The maximum atomic E-state index is 10.3. The summed E-state index contributed by atoms with van der Waals surface area (Å²) in [6.07, 6.45) is 3.90. The molecule has 0 rings (SSSR count). The fourth-order valence-electron chi connectivity index (χ4n) is 1.26. The van der Waals surface area contributed by atoms with Gasteiger partial charge in [0, 0.05) is 0 Å². The second-order valence-electron chi connectivity index (χ2n) is 3.73. The Balaban J connectivity index is 0. The fourth-order valence-corrected chi connectivity index (χ4v) is 1.26. The summed E-state index contributed by atoms with van der Waals surface area (Å²) in [5, 5.41) is 23.6. The summed E-state index contributed by atoms with van der Waals surface area (Å²) in [6.45, 7) is 4.24. The topological polar surface area (TPSA) is 102 Å². The molecule has 6 nitrogen and oxygen atoms in total. The van der Waals surface area contributed by atoms with Crippen molar-refractivity contribution in [3.8, 4) is 0 Å². The van der Waals surface area contributed by atoms with Gasteiger partial charge in [-0.3, -0.25) is 0 Å². The van der Waals surface area contributed by atoms with Crippen molar-refractivity contribution in [2.24, 2.45) is 11.1 Å². The Bertz CT molecular complexity index is 277. The first-order valence-corrected chi connectivity index (χ1v) is 5.65. The van der Waals surface area contributed by atoms with Crippen molar-refractivity contribution < 1.29 is 47.0 Å². The monoisotopic (exact) mass is 350 g/mol. The molecule has 0 aliphatic heterocycles. The van der Waals surface area contributed by atoms with Crippen LogP contribution in [0, 0.1) is 5.92 Å². The first kappa shape index (κ1) is 19.5. The first-order valence-electron chi connectivity index (χ1n) is 5.65. The van der Waals surface area contributed by atoms with E-state index in [4.69, 9.17) is 4.84 Å². The minimum atomic E-state index is -1.91. The third kappa shape index (κ3) is 8.27. The second kappa shape index (κ2) is 11.3. The summed E-state index contributed by atoms with van der Waals surface area (Å²) in [6, 6.07) is 0. The number of carboxylic acid groups (broad SMARTS) is 2. The predicted octanol–water partition coefficient (Wildman–Crippen LogP) is -0.927. The van der Waals surface area contributed by atoms with E-state index in [1.807, 2.05) is 6.92 Å². The van der Waals surface area contributed by atoms with Crippen LogP contribution in [0.5, 0.6) is 0 Å². The summed E-state index contributed by atoms with van der Waals surface area (Å²) in [5.74, 6) is -3.58. The van der Waals surface area contributed by atoms with E-state index in [0.29, 0.717) is 0 Å². The summed E-state index contributed by atoms with van der Waals surface area (Å²) in [7, 11) is 0. The molecule has 7 heteroatoms. The maximum absolute atomic E-state index is 10.3. The summed E-state index contributed by atoms with van der Waals surface area (Å²) in [4.78, 5) is 25.3. The molecule has 0 saturated carbocycles. The first-order chi connectivity index (χ1) is 8.02. The Kier molecular flexibility index (Phi) is 12.2. The Morgan fingerprint density at radius 1 is 1.22 bits per heavy atom. The van der Waals surface area contributed by atoms with Crippen molar-refractivity contribution in [1.29, 1.82) is 0 Å². The number of nitrogens with zero attached hydrogens (tertiary/aromatic N) is 1. The molecule has 107 valence electrons. The van der Waals surface area contributed by atoms with Gasteiger partial charge in [0.2, 0.25) is 0 Å². The Morgan fingerprint density at radius 3 is 2.17 bits per heavy atom. The quantitative estimate of drug-likeness (QED) is 0.231. The van der Waals surface area contributed by atoms with E-state index in [0.717, 1.165) is 25.7 Å². The van der Waals surface area contributed by atoms with Crippen LogP contribution in [0.3, 0.4) is 0 Å². The average molecular weight is 351 g/mol. The van der Waals surface area contributed by atoms with Crippen LogP contribution in [0.4, 0.5) is 0 Å². The number of carboxylic acids is 2. The maximum Gasteiger partial charge on any atom is 2.00 e. The molecule has 0 spiro atoms. The molecular formula is C11H17AgNO5. The molecule has 1 atom stereocenters. The molecule has 0 fully saturated rings. The zero-order valence-electron chi connectivity index (χ0n) is 10.4. The third-order valence-corrected chi connectivity index (χ3v) is 2.40. The van der Waals surface area contributed by atoms with Crippen LogP contribution in [-0.2, 0) is 36.8 Å². The van der Waals surface area contributed by atoms with Crippen molar-refractivity contribution in [3.05, 3.63) is 0 Å². The van der Waals surface area contributed by atoms with Gasteiger partial charge in [-0.05, 0) is 18.8 Å². The van der Waals surface area contributed by atoms with Crippen LogP contribution in [0.15, 0.2) is 5.16 Å². The number of carbonyl (C=O) groups excluding carboxylic acids is 2. The van der Waals surface area contributed by atoms with Gasteiger partial charge in [-0.15, -0.1) is 0 Å². The average Bonchev–Trinajstić information content (AvgIpc) is 2.27. The molecule has 0 aromatic rings. The van der Waals surface area contributed by atoms with Crippen molar-refractivity contribution in [2.45, 2.75) is 39.5 Å². The minimum Gasteiger partial charge on any atom is -0.543 e. The van der Waals surface area contributed by atoms with E-state index < -0.39 is 17.7 Å². The standard InChI is InChI=1S/C11H19NO5.Ag/c1-3-5-6-8(4-2)7-17-12-9(10(13)14)11(15)16;/h8H,3-7H2,1-2H3,(H,13,14)(H,15,16);/q;+2/p-2. The van der Waals surface area contributed by atoms with Gasteiger partial charge < -0.3 is 24.6 Å². The molecule has 0 saturated heterocycles. The molecule has 1 unspecified atom stereocenters. The number of unbranched alkanes of at least 4 members (excludes halogenated alkanes) is 1. The number of aliphatic carboxylic acids is 2. The summed E-state index contributed by atoms with van der Waals surface area (Å²) >= 11 is 0. The van der Waals surface area contributed by atoms with E-state index in [1.165, 1.54) is 0 Å². The Morgan fingerprint density at radius 2 is 1.78 bits per heavy atom. The molecule has 0 bridgehead atoms. The van der Waals surface area contributed by atoms with Gasteiger partial charge in [0.15, 0.2) is 0 Å². The van der Waals surface area contributed by atoms with Crippen molar-refractivity contribution in [1.82, 2.24) is 0 Å². The van der Waals surface area contributed by atoms with Gasteiger partial charge in [0.05, 0.1) is 11.9 Å². The molecule has 0 N–H and O–H groups in total. The van der Waals surface area contributed by atoms with E-state index in [2.05, 4.69) is 12.1 Å². The van der Waals surface area contributed by atoms with Gasteiger partial charge in [0.25, 0.3) is 0 Å². The largest absolute Gasteiger partial charge is 2.00 e. The van der Waals surface area contributed by atoms with Gasteiger partial charge in [0.1, 0.15) is 12.3 Å². The van der Waals surface area contributed by atoms with Gasteiger partial charge >= 0.3 is 22.4 Å². The molecule has 0 amide bonds. The summed E-state index contributed by atoms with van der Waals surface area (Å²) < 4.78 is 0. The van der Waals surface area contributed by atoms with Crippen LogP contribution in [0.2, 0.25) is 0 Å². The van der Waals surface area contributed by atoms with Gasteiger partial charge in [-0.25, -0.2) is 0 Å². The smallest absolute Gasteiger partial charge is 0.543 e. The molecule has 0 aromatic carbocycles. The van der Waals surface area contributed by atoms with Crippen molar-refractivity contribution in [3.63, 3.8) is 0 Å². The molecule has 1 radical (unpaired) electrons. The van der Waals surface area contributed by atoms with E-state index in [1.54, 1.807) is 0 Å². The van der Waals surface area contributed by atoms with Crippen molar-refractivity contribution >= 4 is 17.7 Å². The number of hydrogen-bond acceptors (Lipinski definition) is 6. The predicted molar refractivity (Wildman–Crippen MR) is 56.7 cm³/mol. The minimum absolute atomic E-state index is 0. The molecule has 18 heavy (non-hydrogen) atoms. The summed E-state index contributed by atoms with van der Waals surface area (Å²) in [5.41, 5.74) is -1.21. The SMILES string of the molecule is CCCCC(CC)CON=C(C(=O)[O-])C(=O)[O-].[Ag+2]. The van der Waals surface area contributed by atoms with Gasteiger partial charge in [-0.1, -0.05) is 31.8 Å². The molecule has 0 heterocycles. The number of oxime groups is 1. The van der Waals surface area contributed by atoms with Gasteiger partial charge in [-0.2, -0.15) is 0 Å². The van der Waals surface area contributed by atoms with E-state index in [9.17, 15) is 19.8 Å². The molecule has 0 aliphatic carbocycles. The van der Waals surface area contributed by atoms with Crippen LogP contribution in [0.25, 0.3) is 0 Å². The van der Waals surface area contributed by atoms with E-state index >= 15 is 0 Å². The number of rotatable bonds is 9. The zero-order valence-corrected chi connectivity index (χ0v) is 11.9. The van der Waals surface area contributed by atoms with Crippen LogP contribution in [-0.4, -0.2) is 24.3 Å². The number of carbonyl (C=O) groups is 2. The Hall–Kier alpha value is -0.850. The normalized spacial score (nSPS) is 11.0. The number of hydrogen-bond donors (Lipinski definition) is 0. The third-order valence-electron chi connectivity index (χ3n) is 2.40. The molecule has 0 aliphatic rings. The van der Waals surface area contributed by atoms with Crippen molar-refractivity contribution in [2.75, 3.05) is 6.61 Å². The zero-order chi connectivity index (χ0) is 13.3. The van der Waals surface area contributed by atoms with Crippen LogP contribution >= 0.6 is 0 Å². The van der Waals surface area contributed by atoms with E-state index in [-0.39, 0.29) is 34.9 Å².